The van der Waals surface area contributed by atoms with Crippen molar-refractivity contribution in [1.82, 2.24) is 4.90 Å². The molecule has 0 aliphatic carbocycles. The summed E-state index contributed by atoms with van der Waals surface area (Å²) < 4.78 is 18.2. The smallest absolute Gasteiger partial charge is 0.295 e. The van der Waals surface area contributed by atoms with Gasteiger partial charge in [0.25, 0.3) is 5.69 Å². The number of rotatable bonds is 4. The van der Waals surface area contributed by atoms with E-state index in [-0.39, 0.29) is 11.6 Å². The van der Waals surface area contributed by atoms with Gasteiger partial charge in [0.05, 0.1) is 24.2 Å². The van der Waals surface area contributed by atoms with Gasteiger partial charge in [0.15, 0.2) is 0 Å². The molecule has 1 N–H and O–H groups in total. The van der Waals surface area contributed by atoms with Crippen LogP contribution in [0.1, 0.15) is 6.92 Å². The minimum Gasteiger partial charge on any atom is -0.378 e. The van der Waals surface area contributed by atoms with Crippen molar-refractivity contribution >= 4 is 17.3 Å². The quantitative estimate of drug-likeness (QED) is 0.670. The number of anilines is 1. The van der Waals surface area contributed by atoms with Gasteiger partial charge in [-0.15, -0.1) is 0 Å². The number of nitrogens with zero attached hydrogens (tertiary/aromatic N) is 2. The van der Waals surface area contributed by atoms with E-state index < -0.39 is 22.5 Å². The molecule has 1 heterocycles. The van der Waals surface area contributed by atoms with Crippen molar-refractivity contribution in [2.75, 3.05) is 31.6 Å². The standard InChI is InChI=1S/C13H16FN3O4/c1-9(13(18)16-4-6-21-7-5-16)15-11-3-2-10(14)8-12(11)17(19)20/h2-3,8-9,15H,4-7H2,1H3. The maximum Gasteiger partial charge on any atom is 0.295 e. The molecule has 1 aromatic rings. The first-order valence-corrected chi connectivity index (χ1v) is 6.56. The van der Waals surface area contributed by atoms with Crippen LogP contribution in [-0.4, -0.2) is 48.1 Å². The molecule has 1 aliphatic rings. The number of carbonyl (C=O) groups is 1. The van der Waals surface area contributed by atoms with Crippen LogP contribution in [0.5, 0.6) is 0 Å². The highest BCUT2D eigenvalue weighted by molar-refractivity contribution is 5.85. The zero-order valence-corrected chi connectivity index (χ0v) is 11.5. The van der Waals surface area contributed by atoms with Gasteiger partial charge < -0.3 is 15.0 Å². The van der Waals surface area contributed by atoms with Crippen molar-refractivity contribution < 1.29 is 18.8 Å². The Kier molecular flexibility index (Phi) is 4.69. The molecule has 7 nitrogen and oxygen atoms in total. The number of carbonyl (C=O) groups excluding carboxylic acids is 1. The average Bonchev–Trinajstić information content (AvgIpc) is 2.49. The predicted octanol–water partition coefficient (Wildman–Crippen LogP) is 1.39. The first-order chi connectivity index (χ1) is 9.99. The van der Waals surface area contributed by atoms with Gasteiger partial charge >= 0.3 is 0 Å². The van der Waals surface area contributed by atoms with Crippen LogP contribution in [0.25, 0.3) is 0 Å². The fraction of sp³-hybridized carbons (Fsp3) is 0.462. The topological polar surface area (TPSA) is 84.7 Å². The van der Waals surface area contributed by atoms with Crippen LogP contribution < -0.4 is 5.32 Å². The molecular weight excluding hydrogens is 281 g/mol. The van der Waals surface area contributed by atoms with Crippen molar-refractivity contribution in [3.8, 4) is 0 Å². The average molecular weight is 297 g/mol. The third-order valence-corrected chi connectivity index (χ3v) is 3.22. The maximum atomic E-state index is 13.1. The van der Waals surface area contributed by atoms with Crippen molar-refractivity contribution in [1.29, 1.82) is 0 Å². The molecule has 0 radical (unpaired) electrons. The lowest BCUT2D eigenvalue weighted by atomic mass is 10.2. The predicted molar refractivity (Wildman–Crippen MR) is 73.5 cm³/mol. The van der Waals surface area contributed by atoms with Crippen LogP contribution in [0.4, 0.5) is 15.8 Å². The Balaban J connectivity index is 2.10. The van der Waals surface area contributed by atoms with Crippen molar-refractivity contribution in [2.45, 2.75) is 13.0 Å². The van der Waals surface area contributed by atoms with Gasteiger partial charge in [0, 0.05) is 13.1 Å². The number of ether oxygens (including phenoxy) is 1. The Labute approximate surface area is 120 Å². The summed E-state index contributed by atoms with van der Waals surface area (Å²) in [5, 5.41) is 13.7. The first-order valence-electron chi connectivity index (χ1n) is 6.56. The lowest BCUT2D eigenvalue weighted by Gasteiger charge is -2.29. The maximum absolute atomic E-state index is 13.1. The molecule has 114 valence electrons. The first kappa shape index (κ1) is 15.2. The Hall–Kier alpha value is -2.22. The number of hydrogen-bond donors (Lipinski definition) is 1. The second kappa shape index (κ2) is 6.49. The zero-order chi connectivity index (χ0) is 15.4. The van der Waals surface area contributed by atoms with E-state index in [0.717, 1.165) is 12.1 Å². The Morgan fingerprint density at radius 3 is 2.76 bits per heavy atom. The second-order valence-electron chi connectivity index (χ2n) is 4.72. The van der Waals surface area contributed by atoms with Crippen LogP contribution in [-0.2, 0) is 9.53 Å². The van der Waals surface area contributed by atoms with E-state index in [1.807, 2.05) is 0 Å². The summed E-state index contributed by atoms with van der Waals surface area (Å²) in [4.78, 5) is 24.1. The molecule has 1 saturated heterocycles. The molecule has 21 heavy (non-hydrogen) atoms. The molecule has 2 rings (SSSR count). The van der Waals surface area contributed by atoms with Gasteiger partial charge in [-0.25, -0.2) is 4.39 Å². The minimum atomic E-state index is -0.695. The zero-order valence-electron chi connectivity index (χ0n) is 11.5. The van der Waals surface area contributed by atoms with Crippen molar-refractivity contribution in [3.63, 3.8) is 0 Å². The number of morpholine rings is 1. The lowest BCUT2D eigenvalue weighted by Crippen LogP contribution is -2.47. The molecule has 0 spiro atoms. The number of amides is 1. The summed E-state index contributed by atoms with van der Waals surface area (Å²) >= 11 is 0. The molecule has 0 aromatic heterocycles. The number of nitro groups is 1. The summed E-state index contributed by atoms with van der Waals surface area (Å²) in [5.41, 5.74) is -0.271. The molecule has 1 fully saturated rings. The van der Waals surface area contributed by atoms with Crippen LogP contribution in [0.15, 0.2) is 18.2 Å². The van der Waals surface area contributed by atoms with E-state index in [1.165, 1.54) is 6.07 Å². The summed E-state index contributed by atoms with van der Waals surface area (Å²) in [6.45, 7) is 3.57. The van der Waals surface area contributed by atoms with Gasteiger partial charge in [-0.3, -0.25) is 14.9 Å². The van der Waals surface area contributed by atoms with E-state index in [9.17, 15) is 19.3 Å². The normalized spacial score (nSPS) is 16.4. The van der Waals surface area contributed by atoms with Gasteiger partial charge in [-0.05, 0) is 19.1 Å². The summed E-state index contributed by atoms with van der Waals surface area (Å²) in [5.74, 6) is -0.865. The number of hydrogen-bond acceptors (Lipinski definition) is 5. The van der Waals surface area contributed by atoms with E-state index in [1.54, 1.807) is 11.8 Å². The third kappa shape index (κ3) is 3.66. The monoisotopic (exact) mass is 297 g/mol. The molecule has 0 saturated carbocycles. The molecule has 0 bridgehead atoms. The van der Waals surface area contributed by atoms with Gasteiger partial charge in [-0.1, -0.05) is 0 Å². The lowest BCUT2D eigenvalue weighted by molar-refractivity contribution is -0.384. The Bertz CT molecular complexity index is 546. The Morgan fingerprint density at radius 1 is 1.48 bits per heavy atom. The fourth-order valence-corrected chi connectivity index (χ4v) is 2.13. The molecule has 1 aromatic carbocycles. The van der Waals surface area contributed by atoms with Crippen LogP contribution in [0.3, 0.4) is 0 Å². The van der Waals surface area contributed by atoms with E-state index >= 15 is 0 Å². The van der Waals surface area contributed by atoms with Crippen LogP contribution >= 0.6 is 0 Å². The van der Waals surface area contributed by atoms with E-state index in [0.29, 0.717) is 26.3 Å². The minimum absolute atomic E-state index is 0.121. The van der Waals surface area contributed by atoms with E-state index in [4.69, 9.17) is 4.74 Å². The number of halogens is 1. The SMILES string of the molecule is CC(Nc1ccc(F)cc1[N+](=O)[O-])C(=O)N1CCOCC1. The Morgan fingerprint density at radius 2 is 2.14 bits per heavy atom. The highest BCUT2D eigenvalue weighted by Crippen LogP contribution is 2.25. The number of benzene rings is 1. The summed E-state index contributed by atoms with van der Waals surface area (Å²) in [6.07, 6.45) is 0. The molecule has 8 heteroatoms. The largest absolute Gasteiger partial charge is 0.378 e. The molecule has 1 aliphatic heterocycles. The van der Waals surface area contributed by atoms with E-state index in [2.05, 4.69) is 5.32 Å². The van der Waals surface area contributed by atoms with Gasteiger partial charge in [0.2, 0.25) is 5.91 Å². The van der Waals surface area contributed by atoms with Gasteiger partial charge in [0.1, 0.15) is 17.5 Å². The highest BCUT2D eigenvalue weighted by atomic mass is 19.1. The van der Waals surface area contributed by atoms with Crippen LogP contribution in [0.2, 0.25) is 0 Å². The number of nitrogens with one attached hydrogen (secondary N) is 1. The molecule has 1 unspecified atom stereocenters. The second-order valence-corrected chi connectivity index (χ2v) is 4.72. The van der Waals surface area contributed by atoms with Crippen molar-refractivity contribution in [3.05, 3.63) is 34.1 Å². The summed E-state index contributed by atoms with van der Waals surface area (Å²) in [7, 11) is 0. The third-order valence-electron chi connectivity index (χ3n) is 3.22. The fourth-order valence-electron chi connectivity index (χ4n) is 2.13. The molecular formula is C13H16FN3O4. The summed E-state index contributed by atoms with van der Waals surface area (Å²) in [6, 6.07) is 2.55. The highest BCUT2D eigenvalue weighted by Gasteiger charge is 2.24. The number of nitro benzene ring substituents is 1. The molecule has 1 amide bonds. The molecule has 1 atom stereocenters. The van der Waals surface area contributed by atoms with Crippen molar-refractivity contribution in [2.24, 2.45) is 0 Å². The van der Waals surface area contributed by atoms with Gasteiger partial charge in [-0.2, -0.15) is 0 Å². The van der Waals surface area contributed by atoms with Crippen LogP contribution in [0, 0.1) is 15.9 Å².